The first-order chi connectivity index (χ1) is 9.60. The molecule has 0 radical (unpaired) electrons. The Hall–Kier alpha value is -1.30. The van der Waals surface area contributed by atoms with Gasteiger partial charge in [-0.25, -0.2) is 9.59 Å². The number of rotatable bonds is 9. The molecule has 2 aliphatic carbocycles. The molecule has 0 heterocycles. The molecule has 0 bridgehead atoms. The van der Waals surface area contributed by atoms with E-state index in [0.717, 1.165) is 13.1 Å². The number of carboxylic acid groups (broad SMARTS) is 1. The largest absolute Gasteiger partial charge is 0.480 e. The molecule has 0 aromatic carbocycles. The number of methoxy groups -OCH3 is 1. The summed E-state index contributed by atoms with van der Waals surface area (Å²) in [6.45, 7) is 1.85. The average molecular weight is 284 g/mol. The summed E-state index contributed by atoms with van der Waals surface area (Å²) < 4.78 is 4.89. The van der Waals surface area contributed by atoms with Gasteiger partial charge in [-0.3, -0.25) is 0 Å². The second-order valence-corrected chi connectivity index (χ2v) is 5.91. The topological polar surface area (TPSA) is 78.9 Å². The fraction of sp³-hybridized carbons (Fsp3) is 0.857. The van der Waals surface area contributed by atoms with Crippen LogP contribution in [-0.2, 0) is 9.53 Å². The van der Waals surface area contributed by atoms with E-state index in [-0.39, 0.29) is 12.5 Å². The Morgan fingerprint density at radius 2 is 1.80 bits per heavy atom. The molecule has 2 fully saturated rings. The van der Waals surface area contributed by atoms with E-state index in [1.165, 1.54) is 32.8 Å². The zero-order valence-electron chi connectivity index (χ0n) is 12.0. The maximum atomic E-state index is 12.3. The van der Waals surface area contributed by atoms with Crippen molar-refractivity contribution in [3.8, 4) is 0 Å². The Morgan fingerprint density at radius 3 is 2.20 bits per heavy atom. The summed E-state index contributed by atoms with van der Waals surface area (Å²) in [6, 6.07) is -1.12. The number of ether oxygens (including phenoxy) is 1. The number of carboxylic acids is 1. The van der Waals surface area contributed by atoms with Crippen molar-refractivity contribution in [3.05, 3.63) is 0 Å². The number of hydrogen-bond donors (Lipinski definition) is 2. The first kappa shape index (κ1) is 15.1. The van der Waals surface area contributed by atoms with Gasteiger partial charge in [0.1, 0.15) is 6.04 Å². The normalized spacial score (nSPS) is 19.4. The number of hydrogen-bond acceptors (Lipinski definition) is 3. The maximum absolute atomic E-state index is 12.3. The van der Waals surface area contributed by atoms with Crippen molar-refractivity contribution in [1.29, 1.82) is 0 Å². The van der Waals surface area contributed by atoms with Gasteiger partial charge in [0.05, 0.1) is 0 Å². The molecule has 0 aromatic heterocycles. The lowest BCUT2D eigenvalue weighted by molar-refractivity contribution is -0.139. The molecule has 20 heavy (non-hydrogen) atoms. The van der Waals surface area contributed by atoms with Gasteiger partial charge in [0.15, 0.2) is 0 Å². The molecule has 6 heteroatoms. The quantitative estimate of drug-likeness (QED) is 0.669. The molecule has 0 spiro atoms. The van der Waals surface area contributed by atoms with Crippen LogP contribution < -0.4 is 5.32 Å². The van der Waals surface area contributed by atoms with E-state index < -0.39 is 12.0 Å². The Bertz CT molecular complexity index is 339. The minimum atomic E-state index is -1.01. The number of aliphatic carboxylic acids is 1. The van der Waals surface area contributed by atoms with Crippen LogP contribution in [0, 0.1) is 11.8 Å². The summed E-state index contributed by atoms with van der Waals surface area (Å²) in [5, 5.41) is 11.8. The van der Waals surface area contributed by atoms with Gasteiger partial charge in [-0.1, -0.05) is 0 Å². The maximum Gasteiger partial charge on any atom is 0.326 e. The summed E-state index contributed by atoms with van der Waals surface area (Å²) in [7, 11) is 1.52. The summed E-state index contributed by atoms with van der Waals surface area (Å²) in [6.07, 6.45) is 5.01. The van der Waals surface area contributed by atoms with E-state index >= 15 is 0 Å². The molecule has 0 aliphatic heterocycles. The van der Waals surface area contributed by atoms with Gasteiger partial charge in [0.2, 0.25) is 0 Å². The van der Waals surface area contributed by atoms with Crippen molar-refractivity contribution < 1.29 is 19.4 Å². The monoisotopic (exact) mass is 284 g/mol. The van der Waals surface area contributed by atoms with Crippen LogP contribution in [0.15, 0.2) is 0 Å². The fourth-order valence-electron chi connectivity index (χ4n) is 2.20. The highest BCUT2D eigenvalue weighted by molar-refractivity contribution is 5.82. The lowest BCUT2D eigenvalue weighted by atomic mass is 10.2. The molecular formula is C14H24N2O4. The minimum absolute atomic E-state index is 0.243. The van der Waals surface area contributed by atoms with Crippen molar-refractivity contribution in [3.63, 3.8) is 0 Å². The highest BCUT2D eigenvalue weighted by atomic mass is 16.5. The van der Waals surface area contributed by atoms with Crippen molar-refractivity contribution in [2.75, 3.05) is 26.8 Å². The number of carbonyl (C=O) groups excluding carboxylic acids is 1. The smallest absolute Gasteiger partial charge is 0.326 e. The van der Waals surface area contributed by atoms with Gasteiger partial charge in [0.25, 0.3) is 0 Å². The third-order valence-electron chi connectivity index (χ3n) is 3.84. The third-order valence-corrected chi connectivity index (χ3v) is 3.84. The predicted molar refractivity (Wildman–Crippen MR) is 73.5 cm³/mol. The molecule has 2 N–H and O–H groups in total. The van der Waals surface area contributed by atoms with E-state index in [4.69, 9.17) is 9.84 Å². The zero-order valence-corrected chi connectivity index (χ0v) is 12.0. The van der Waals surface area contributed by atoms with E-state index in [1.54, 1.807) is 4.90 Å². The second-order valence-electron chi connectivity index (χ2n) is 5.91. The molecule has 2 amide bonds. The third kappa shape index (κ3) is 5.00. The van der Waals surface area contributed by atoms with E-state index in [0.29, 0.717) is 18.4 Å². The van der Waals surface area contributed by atoms with Crippen molar-refractivity contribution in [1.82, 2.24) is 10.2 Å². The fourth-order valence-corrected chi connectivity index (χ4v) is 2.20. The van der Waals surface area contributed by atoms with Crippen LogP contribution >= 0.6 is 0 Å². The molecule has 0 saturated heterocycles. The number of amides is 2. The van der Waals surface area contributed by atoms with Gasteiger partial charge in [0, 0.05) is 33.2 Å². The van der Waals surface area contributed by atoms with Gasteiger partial charge in [-0.2, -0.15) is 0 Å². The molecule has 114 valence electrons. The van der Waals surface area contributed by atoms with Crippen molar-refractivity contribution >= 4 is 12.0 Å². The zero-order chi connectivity index (χ0) is 14.5. The van der Waals surface area contributed by atoms with Crippen LogP contribution in [0.5, 0.6) is 0 Å². The Labute approximate surface area is 119 Å². The summed E-state index contributed by atoms with van der Waals surface area (Å²) in [4.78, 5) is 25.2. The molecule has 2 aliphatic rings. The molecule has 2 rings (SSSR count). The SMILES string of the molecule is COCCC(NC(=O)N(CC1CC1)CC1CC1)C(=O)O. The van der Waals surface area contributed by atoms with Gasteiger partial charge >= 0.3 is 12.0 Å². The van der Waals surface area contributed by atoms with Crippen LogP contribution in [0.4, 0.5) is 4.79 Å². The predicted octanol–water partition coefficient (Wildman–Crippen LogP) is 1.31. The van der Waals surface area contributed by atoms with Crippen LogP contribution in [0.3, 0.4) is 0 Å². The molecule has 1 unspecified atom stereocenters. The Kier molecular flexibility index (Phi) is 5.23. The Balaban J connectivity index is 1.85. The van der Waals surface area contributed by atoms with Gasteiger partial charge < -0.3 is 20.1 Å². The van der Waals surface area contributed by atoms with E-state index in [9.17, 15) is 9.59 Å². The van der Waals surface area contributed by atoms with E-state index in [1.807, 2.05) is 0 Å². The number of nitrogens with one attached hydrogen (secondary N) is 1. The van der Waals surface area contributed by atoms with Gasteiger partial charge in [-0.05, 0) is 37.5 Å². The van der Waals surface area contributed by atoms with Gasteiger partial charge in [-0.15, -0.1) is 0 Å². The molecule has 2 saturated carbocycles. The van der Waals surface area contributed by atoms with Crippen LogP contribution in [0.25, 0.3) is 0 Å². The second kappa shape index (κ2) is 6.92. The number of nitrogens with zero attached hydrogens (tertiary/aromatic N) is 1. The summed E-state index contributed by atoms with van der Waals surface area (Å²) in [5.74, 6) is 0.219. The summed E-state index contributed by atoms with van der Waals surface area (Å²) in [5.41, 5.74) is 0. The summed E-state index contributed by atoms with van der Waals surface area (Å²) >= 11 is 0. The lowest BCUT2D eigenvalue weighted by Crippen LogP contribution is -2.49. The average Bonchev–Trinajstić information content (AvgIpc) is 3.27. The lowest BCUT2D eigenvalue weighted by Gasteiger charge is -2.25. The highest BCUT2D eigenvalue weighted by Crippen LogP contribution is 2.33. The molecule has 1 atom stereocenters. The first-order valence-electron chi connectivity index (χ1n) is 7.37. The minimum Gasteiger partial charge on any atom is -0.480 e. The van der Waals surface area contributed by atoms with Crippen LogP contribution in [0.1, 0.15) is 32.1 Å². The Morgan fingerprint density at radius 1 is 1.25 bits per heavy atom. The number of urea groups is 1. The molecular weight excluding hydrogens is 260 g/mol. The standard InChI is InChI=1S/C14H24N2O4/c1-20-7-6-12(13(17)18)15-14(19)16(8-10-2-3-10)9-11-4-5-11/h10-12H,2-9H2,1H3,(H,15,19)(H,17,18). The van der Waals surface area contributed by atoms with Crippen molar-refractivity contribution in [2.45, 2.75) is 38.1 Å². The highest BCUT2D eigenvalue weighted by Gasteiger charge is 2.32. The molecule has 6 nitrogen and oxygen atoms in total. The van der Waals surface area contributed by atoms with Crippen molar-refractivity contribution in [2.24, 2.45) is 11.8 Å². The van der Waals surface area contributed by atoms with Crippen LogP contribution in [0.2, 0.25) is 0 Å². The molecule has 0 aromatic rings. The van der Waals surface area contributed by atoms with Crippen LogP contribution in [-0.4, -0.2) is 54.9 Å². The van der Waals surface area contributed by atoms with E-state index in [2.05, 4.69) is 5.32 Å². The first-order valence-corrected chi connectivity index (χ1v) is 7.37. The number of carbonyl (C=O) groups is 2.